The van der Waals surface area contributed by atoms with E-state index in [9.17, 15) is 4.79 Å². The van der Waals surface area contributed by atoms with Gasteiger partial charge in [0.2, 0.25) is 0 Å². The van der Waals surface area contributed by atoms with Gasteiger partial charge in [-0.05, 0) is 30.9 Å². The van der Waals surface area contributed by atoms with Crippen LogP contribution in [0.3, 0.4) is 0 Å². The molecule has 2 aromatic rings. The second kappa shape index (κ2) is 7.43. The third kappa shape index (κ3) is 3.25. The Morgan fingerprint density at radius 1 is 1.17 bits per heavy atom. The molecule has 126 valence electrons. The van der Waals surface area contributed by atoms with Crippen LogP contribution in [0.2, 0.25) is 0 Å². The van der Waals surface area contributed by atoms with Gasteiger partial charge in [-0.2, -0.15) is 0 Å². The van der Waals surface area contributed by atoms with Crippen LogP contribution in [0.1, 0.15) is 42.7 Å². The van der Waals surface area contributed by atoms with Gasteiger partial charge in [0.25, 0.3) is 5.91 Å². The number of amides is 1. The van der Waals surface area contributed by atoms with Crippen LogP contribution in [0.4, 0.5) is 11.5 Å². The summed E-state index contributed by atoms with van der Waals surface area (Å²) < 4.78 is 0. The third-order valence-electron chi connectivity index (χ3n) is 4.32. The first-order valence-electron chi connectivity index (χ1n) is 8.71. The molecule has 5 heteroatoms. The van der Waals surface area contributed by atoms with E-state index in [0.717, 1.165) is 43.9 Å². The van der Waals surface area contributed by atoms with Gasteiger partial charge in [0.05, 0.1) is 0 Å². The van der Waals surface area contributed by atoms with Crippen molar-refractivity contribution >= 4 is 17.4 Å². The van der Waals surface area contributed by atoms with Crippen LogP contribution in [-0.2, 0) is 6.42 Å². The molecule has 1 aromatic carbocycles. The molecule has 3 rings (SSSR count). The van der Waals surface area contributed by atoms with E-state index in [2.05, 4.69) is 34.8 Å². The molecule has 0 fully saturated rings. The summed E-state index contributed by atoms with van der Waals surface area (Å²) in [5.41, 5.74) is 2.69. The van der Waals surface area contributed by atoms with E-state index in [4.69, 9.17) is 0 Å². The molecule has 1 aliphatic rings. The van der Waals surface area contributed by atoms with Gasteiger partial charge in [-0.25, -0.2) is 9.97 Å². The summed E-state index contributed by atoms with van der Waals surface area (Å²) in [4.78, 5) is 25.6. The molecule has 1 amide bonds. The zero-order chi connectivity index (χ0) is 16.9. The lowest BCUT2D eigenvalue weighted by atomic mass is 10.2. The molecule has 0 radical (unpaired) electrons. The van der Waals surface area contributed by atoms with Crippen LogP contribution in [0, 0.1) is 0 Å². The average Bonchev–Trinajstić information content (AvgIpc) is 3.05. The number of carbonyl (C=O) groups excluding carboxylic acids is 1. The van der Waals surface area contributed by atoms with Crippen molar-refractivity contribution in [2.24, 2.45) is 0 Å². The first-order valence-corrected chi connectivity index (χ1v) is 8.71. The number of rotatable bonds is 6. The number of nitrogens with zero attached hydrogens (tertiary/aromatic N) is 4. The first kappa shape index (κ1) is 16.4. The number of carbonyl (C=O) groups is 1. The Labute approximate surface area is 143 Å². The normalized spacial score (nSPS) is 13.0. The van der Waals surface area contributed by atoms with E-state index in [1.54, 1.807) is 0 Å². The third-order valence-corrected chi connectivity index (χ3v) is 4.32. The molecule has 1 aliphatic heterocycles. The quantitative estimate of drug-likeness (QED) is 0.818. The van der Waals surface area contributed by atoms with E-state index in [1.807, 2.05) is 29.2 Å². The van der Waals surface area contributed by atoms with Crippen molar-refractivity contribution < 1.29 is 4.79 Å². The van der Waals surface area contributed by atoms with Gasteiger partial charge < -0.3 is 9.80 Å². The van der Waals surface area contributed by atoms with Crippen molar-refractivity contribution in [2.45, 2.75) is 33.1 Å². The molecule has 1 aromatic heterocycles. The maximum absolute atomic E-state index is 12.9. The predicted molar refractivity (Wildman–Crippen MR) is 96.6 cm³/mol. The van der Waals surface area contributed by atoms with Gasteiger partial charge in [-0.15, -0.1) is 0 Å². The minimum absolute atomic E-state index is 0.0449. The average molecular weight is 324 g/mol. The van der Waals surface area contributed by atoms with E-state index >= 15 is 0 Å². The number of benzene rings is 1. The number of fused-ring (bicyclic) bond motifs is 1. The lowest BCUT2D eigenvalue weighted by molar-refractivity contribution is 0.0984. The number of hydrogen-bond acceptors (Lipinski definition) is 4. The Morgan fingerprint density at radius 3 is 2.67 bits per heavy atom. The Kier molecular flexibility index (Phi) is 5.08. The summed E-state index contributed by atoms with van der Waals surface area (Å²) in [5.74, 6) is 0.793. The molecule has 0 saturated carbocycles. The fourth-order valence-corrected chi connectivity index (χ4v) is 3.21. The molecule has 0 atom stereocenters. The maximum atomic E-state index is 12.9. The fourth-order valence-electron chi connectivity index (χ4n) is 3.21. The van der Waals surface area contributed by atoms with Crippen LogP contribution in [0.15, 0.2) is 36.7 Å². The van der Waals surface area contributed by atoms with Gasteiger partial charge in [0, 0.05) is 31.4 Å². The molecule has 0 bridgehead atoms. The van der Waals surface area contributed by atoms with Gasteiger partial charge >= 0.3 is 0 Å². The molecule has 24 heavy (non-hydrogen) atoms. The van der Waals surface area contributed by atoms with Crippen molar-refractivity contribution in [1.82, 2.24) is 9.97 Å². The summed E-state index contributed by atoms with van der Waals surface area (Å²) in [6.45, 7) is 6.88. The van der Waals surface area contributed by atoms with E-state index in [0.29, 0.717) is 12.2 Å². The van der Waals surface area contributed by atoms with Crippen molar-refractivity contribution in [1.29, 1.82) is 0 Å². The van der Waals surface area contributed by atoms with Gasteiger partial charge in [0.1, 0.15) is 17.8 Å². The highest BCUT2D eigenvalue weighted by Gasteiger charge is 2.26. The lowest BCUT2D eigenvalue weighted by Crippen LogP contribution is -2.31. The van der Waals surface area contributed by atoms with Crippen LogP contribution in [-0.4, -0.2) is 35.5 Å². The summed E-state index contributed by atoms with van der Waals surface area (Å²) in [6, 6.07) is 9.90. The number of hydrogen-bond donors (Lipinski definition) is 0. The zero-order valence-electron chi connectivity index (χ0n) is 14.4. The molecular weight excluding hydrogens is 300 g/mol. The van der Waals surface area contributed by atoms with E-state index < -0.39 is 0 Å². The van der Waals surface area contributed by atoms with E-state index in [1.165, 1.54) is 11.9 Å². The van der Waals surface area contributed by atoms with E-state index in [-0.39, 0.29) is 5.91 Å². The number of para-hydroxylation sites is 1. The fraction of sp³-hybridized carbons (Fsp3) is 0.421. The topological polar surface area (TPSA) is 49.3 Å². The van der Waals surface area contributed by atoms with Crippen LogP contribution in [0.25, 0.3) is 0 Å². The molecule has 0 unspecified atom stereocenters. The summed E-state index contributed by atoms with van der Waals surface area (Å²) in [7, 11) is 0. The molecular formula is C19H24N4O. The SMILES string of the molecule is CCCN(CCC)c1cc(C(=O)N2CCc3ccccc32)ncn1. The van der Waals surface area contributed by atoms with Crippen molar-refractivity contribution in [3.05, 3.63) is 47.9 Å². The Balaban J connectivity index is 1.85. The maximum Gasteiger partial charge on any atom is 0.277 e. The van der Waals surface area contributed by atoms with Crippen molar-refractivity contribution in [3.8, 4) is 0 Å². The predicted octanol–water partition coefficient (Wildman–Crippen LogP) is 3.31. The number of anilines is 2. The molecule has 0 N–H and O–H groups in total. The highest BCUT2D eigenvalue weighted by molar-refractivity contribution is 6.06. The van der Waals surface area contributed by atoms with Crippen LogP contribution >= 0.6 is 0 Å². The summed E-state index contributed by atoms with van der Waals surface area (Å²) >= 11 is 0. The van der Waals surface area contributed by atoms with Gasteiger partial charge in [0.15, 0.2) is 0 Å². The smallest absolute Gasteiger partial charge is 0.277 e. The molecule has 2 heterocycles. The zero-order valence-corrected chi connectivity index (χ0v) is 14.4. The first-order chi connectivity index (χ1) is 11.7. The standard InChI is InChI=1S/C19H24N4O/c1-3-10-22(11-4-2)18-13-16(20-14-21-18)19(24)23-12-9-15-7-5-6-8-17(15)23/h5-8,13-14H,3-4,9-12H2,1-2H3. The Morgan fingerprint density at radius 2 is 1.92 bits per heavy atom. The van der Waals surface area contributed by atoms with Crippen LogP contribution < -0.4 is 9.80 Å². The summed E-state index contributed by atoms with van der Waals surface area (Å²) in [5, 5.41) is 0. The monoisotopic (exact) mass is 324 g/mol. The molecule has 0 saturated heterocycles. The lowest BCUT2D eigenvalue weighted by Gasteiger charge is -2.23. The highest BCUT2D eigenvalue weighted by Crippen LogP contribution is 2.28. The Bertz CT molecular complexity index is 710. The molecule has 0 aliphatic carbocycles. The second-order valence-corrected chi connectivity index (χ2v) is 6.08. The molecule has 0 spiro atoms. The minimum Gasteiger partial charge on any atom is -0.357 e. The van der Waals surface area contributed by atoms with Crippen LogP contribution in [0.5, 0.6) is 0 Å². The number of aromatic nitrogens is 2. The Hall–Kier alpha value is -2.43. The van der Waals surface area contributed by atoms with Gasteiger partial charge in [-0.3, -0.25) is 4.79 Å². The molecule has 5 nitrogen and oxygen atoms in total. The largest absolute Gasteiger partial charge is 0.357 e. The second-order valence-electron chi connectivity index (χ2n) is 6.08. The minimum atomic E-state index is -0.0449. The van der Waals surface area contributed by atoms with Gasteiger partial charge in [-0.1, -0.05) is 32.0 Å². The van der Waals surface area contributed by atoms with Crippen molar-refractivity contribution in [3.63, 3.8) is 0 Å². The highest BCUT2D eigenvalue weighted by atomic mass is 16.2. The summed E-state index contributed by atoms with van der Waals surface area (Å²) in [6.07, 6.45) is 4.50. The van der Waals surface area contributed by atoms with Crippen molar-refractivity contribution in [2.75, 3.05) is 29.4 Å².